The first-order valence-corrected chi connectivity index (χ1v) is 12.1. The standard InChI is InChI=1S/C19H12Br2ClIN8O/c20-8-4-10(16-26-18(24)28-30(16)6-8)9-3-7(1-2-12(9)22)15(32)14-11(21)5-13(23)17-27-19(25)29-31(14)17/h1-6,15,32H,(H2,24,28)(H2,25,29). The van der Waals surface area contributed by atoms with Gasteiger partial charge in [0.1, 0.15) is 6.10 Å². The van der Waals surface area contributed by atoms with Gasteiger partial charge in [0.05, 0.1) is 9.26 Å². The van der Waals surface area contributed by atoms with Gasteiger partial charge < -0.3 is 16.6 Å². The Morgan fingerprint density at radius 3 is 2.50 bits per heavy atom. The van der Waals surface area contributed by atoms with Gasteiger partial charge in [-0.3, -0.25) is 0 Å². The van der Waals surface area contributed by atoms with Gasteiger partial charge in [0, 0.05) is 31.3 Å². The molecule has 9 nitrogen and oxygen atoms in total. The Morgan fingerprint density at radius 1 is 1.00 bits per heavy atom. The lowest BCUT2D eigenvalue weighted by atomic mass is 9.99. The van der Waals surface area contributed by atoms with Crippen molar-refractivity contribution in [1.82, 2.24) is 29.2 Å². The van der Waals surface area contributed by atoms with Crippen molar-refractivity contribution in [3.05, 3.63) is 65.3 Å². The molecule has 1 unspecified atom stereocenters. The number of aromatic nitrogens is 6. The fourth-order valence-corrected chi connectivity index (χ4v) is 5.84. The molecule has 0 radical (unpaired) electrons. The zero-order chi connectivity index (χ0) is 22.7. The molecule has 5 N–H and O–H groups in total. The quantitative estimate of drug-likeness (QED) is 0.238. The van der Waals surface area contributed by atoms with Crippen LogP contribution < -0.4 is 11.5 Å². The van der Waals surface area contributed by atoms with Gasteiger partial charge in [-0.1, -0.05) is 17.7 Å². The number of aliphatic hydroxyl groups excluding tert-OH is 1. The lowest BCUT2D eigenvalue weighted by Gasteiger charge is -2.17. The molecule has 0 fully saturated rings. The van der Waals surface area contributed by atoms with E-state index in [1.807, 2.05) is 12.1 Å². The van der Waals surface area contributed by atoms with E-state index in [9.17, 15) is 5.11 Å². The molecule has 0 amide bonds. The highest BCUT2D eigenvalue weighted by Gasteiger charge is 2.23. The average Bonchev–Trinajstić information content (AvgIpc) is 3.29. The summed E-state index contributed by atoms with van der Waals surface area (Å²) in [4.78, 5) is 8.56. The van der Waals surface area contributed by atoms with Crippen LogP contribution in [0.15, 0.2) is 45.5 Å². The SMILES string of the molecule is Nc1nc2c(-c3cc(C(O)c4c(Br)cc(I)c5nc(N)nn45)ccc3Cl)cc(Br)cn2n1. The molecule has 0 aliphatic carbocycles. The Hall–Kier alpha value is -2.00. The maximum Gasteiger partial charge on any atom is 0.240 e. The van der Waals surface area contributed by atoms with Crippen molar-refractivity contribution in [3.8, 4) is 11.1 Å². The molecule has 0 aliphatic heterocycles. The third-order valence-electron chi connectivity index (χ3n) is 4.84. The van der Waals surface area contributed by atoms with Crippen molar-refractivity contribution in [3.63, 3.8) is 0 Å². The summed E-state index contributed by atoms with van der Waals surface area (Å²) >= 11 is 15.7. The first-order chi connectivity index (χ1) is 15.2. The predicted molar refractivity (Wildman–Crippen MR) is 137 cm³/mol. The summed E-state index contributed by atoms with van der Waals surface area (Å²) in [6.07, 6.45) is 0.704. The molecule has 13 heteroatoms. The maximum absolute atomic E-state index is 11.3. The summed E-state index contributed by atoms with van der Waals surface area (Å²) in [7, 11) is 0. The van der Waals surface area contributed by atoms with Gasteiger partial charge in [-0.05, 0) is 84.3 Å². The van der Waals surface area contributed by atoms with Crippen molar-refractivity contribution in [2.75, 3.05) is 11.5 Å². The fourth-order valence-electron chi connectivity index (χ4n) is 3.49. The summed E-state index contributed by atoms with van der Waals surface area (Å²) < 4.78 is 5.39. The number of fused-ring (bicyclic) bond motifs is 2. The van der Waals surface area contributed by atoms with Gasteiger partial charge in [0.2, 0.25) is 11.9 Å². The molecule has 0 spiro atoms. The molecule has 4 heterocycles. The van der Waals surface area contributed by atoms with Crippen LogP contribution in [0.2, 0.25) is 5.02 Å². The number of halogens is 4. The molecule has 162 valence electrons. The highest BCUT2D eigenvalue weighted by molar-refractivity contribution is 14.1. The smallest absolute Gasteiger partial charge is 0.240 e. The van der Waals surface area contributed by atoms with Crippen molar-refractivity contribution < 1.29 is 5.11 Å². The Balaban J connectivity index is 1.70. The summed E-state index contributed by atoms with van der Waals surface area (Å²) in [5, 5.41) is 20.3. The van der Waals surface area contributed by atoms with E-state index < -0.39 is 6.10 Å². The second-order valence-corrected chi connectivity index (χ2v) is 10.2. The van der Waals surface area contributed by atoms with Crippen molar-refractivity contribution in [2.24, 2.45) is 0 Å². The minimum absolute atomic E-state index is 0.118. The van der Waals surface area contributed by atoms with Crippen molar-refractivity contribution >= 4 is 89.2 Å². The van der Waals surface area contributed by atoms with E-state index in [2.05, 4.69) is 74.6 Å². The van der Waals surface area contributed by atoms with Crippen LogP contribution in [0, 0.1) is 3.57 Å². The van der Waals surface area contributed by atoms with E-state index in [1.54, 1.807) is 28.9 Å². The average molecular weight is 691 g/mol. The molecule has 32 heavy (non-hydrogen) atoms. The van der Waals surface area contributed by atoms with Gasteiger partial charge >= 0.3 is 0 Å². The summed E-state index contributed by atoms with van der Waals surface area (Å²) in [5.41, 5.74) is 15.2. The molecule has 5 aromatic rings. The summed E-state index contributed by atoms with van der Waals surface area (Å²) in [6.45, 7) is 0. The minimum atomic E-state index is -1.05. The molecule has 1 aromatic carbocycles. The highest BCUT2D eigenvalue weighted by atomic mass is 127. The zero-order valence-electron chi connectivity index (χ0n) is 15.8. The molecule has 0 bridgehead atoms. The lowest BCUT2D eigenvalue weighted by molar-refractivity contribution is 0.211. The van der Waals surface area contributed by atoms with E-state index in [-0.39, 0.29) is 11.9 Å². The van der Waals surface area contributed by atoms with E-state index >= 15 is 0 Å². The van der Waals surface area contributed by atoms with Gasteiger partial charge in [-0.2, -0.15) is 9.97 Å². The zero-order valence-corrected chi connectivity index (χ0v) is 21.9. The van der Waals surface area contributed by atoms with Gasteiger partial charge in [0.15, 0.2) is 11.3 Å². The van der Waals surface area contributed by atoms with Crippen LogP contribution in [-0.2, 0) is 0 Å². The number of pyridine rings is 2. The van der Waals surface area contributed by atoms with Gasteiger partial charge in [-0.15, -0.1) is 10.2 Å². The Bertz CT molecular complexity index is 1540. The van der Waals surface area contributed by atoms with Crippen LogP contribution in [0.4, 0.5) is 11.9 Å². The fraction of sp³-hybridized carbons (Fsp3) is 0.0526. The first-order valence-electron chi connectivity index (χ1n) is 9.02. The Labute approximate surface area is 216 Å². The number of nitrogens with two attached hydrogens (primary N) is 2. The molecule has 0 saturated heterocycles. The van der Waals surface area contributed by atoms with E-state index in [4.69, 9.17) is 23.1 Å². The largest absolute Gasteiger partial charge is 0.382 e. The van der Waals surface area contributed by atoms with Crippen molar-refractivity contribution in [2.45, 2.75) is 6.10 Å². The normalized spacial score (nSPS) is 12.7. The van der Waals surface area contributed by atoms with Gasteiger partial charge in [-0.25, -0.2) is 9.03 Å². The molecular formula is C19H12Br2ClIN8O. The van der Waals surface area contributed by atoms with E-state index in [0.29, 0.717) is 43.2 Å². The number of anilines is 2. The Morgan fingerprint density at radius 2 is 1.72 bits per heavy atom. The van der Waals surface area contributed by atoms with Crippen LogP contribution in [-0.4, -0.2) is 34.3 Å². The monoisotopic (exact) mass is 688 g/mol. The van der Waals surface area contributed by atoms with E-state index in [0.717, 1.165) is 8.04 Å². The number of aliphatic hydroxyl groups is 1. The van der Waals surface area contributed by atoms with Crippen LogP contribution in [0.25, 0.3) is 22.4 Å². The van der Waals surface area contributed by atoms with Crippen LogP contribution in [0.1, 0.15) is 17.4 Å². The second kappa shape index (κ2) is 8.09. The number of nitrogens with zero attached hydrogens (tertiary/aromatic N) is 6. The lowest BCUT2D eigenvalue weighted by Crippen LogP contribution is -2.10. The molecular weight excluding hydrogens is 678 g/mol. The molecule has 4 aromatic heterocycles. The van der Waals surface area contributed by atoms with Crippen LogP contribution in [0.3, 0.4) is 0 Å². The number of hydrogen-bond donors (Lipinski definition) is 3. The number of rotatable bonds is 3. The third-order valence-corrected chi connectivity index (χ3v) is 7.03. The minimum Gasteiger partial charge on any atom is -0.382 e. The summed E-state index contributed by atoms with van der Waals surface area (Å²) in [6, 6.07) is 9.00. The molecule has 0 aliphatic rings. The van der Waals surface area contributed by atoms with E-state index in [1.165, 1.54) is 4.52 Å². The first kappa shape index (κ1) is 21.8. The Kier molecular flexibility index (Phi) is 5.52. The number of benzene rings is 1. The maximum atomic E-state index is 11.3. The number of hydrogen-bond acceptors (Lipinski definition) is 7. The highest BCUT2D eigenvalue weighted by Crippen LogP contribution is 2.37. The third kappa shape index (κ3) is 3.63. The number of nitrogen functional groups attached to an aromatic ring is 2. The van der Waals surface area contributed by atoms with Crippen LogP contribution >= 0.6 is 66.1 Å². The van der Waals surface area contributed by atoms with Gasteiger partial charge in [0.25, 0.3) is 0 Å². The molecule has 5 rings (SSSR count). The molecule has 0 saturated carbocycles. The van der Waals surface area contributed by atoms with Crippen molar-refractivity contribution in [1.29, 1.82) is 0 Å². The van der Waals surface area contributed by atoms with Crippen LogP contribution in [0.5, 0.6) is 0 Å². The topological polar surface area (TPSA) is 133 Å². The molecule has 1 atom stereocenters. The second-order valence-electron chi connectivity index (χ2n) is 6.88. The summed E-state index contributed by atoms with van der Waals surface area (Å²) in [5.74, 6) is 0.262. The predicted octanol–water partition coefficient (Wildman–Crippen LogP) is 4.47.